The van der Waals surface area contributed by atoms with Gasteiger partial charge in [-0.05, 0) is 6.42 Å². The van der Waals surface area contributed by atoms with E-state index in [2.05, 4.69) is 0 Å². The van der Waals surface area contributed by atoms with Crippen molar-refractivity contribution in [2.75, 3.05) is 56.5 Å². The lowest BCUT2D eigenvalue weighted by atomic mass is 9.84. The Morgan fingerprint density at radius 1 is 0.682 bits per heavy atom. The summed E-state index contributed by atoms with van der Waals surface area (Å²) in [5.41, 5.74) is 24.2. The number of ether oxygens (including phenoxy) is 6. The standard InChI is InChI=1S/C25H50N4O12S3/c1-36-2-6-43-44-7-4-37-3-5-42-10-14-16(30)15(29)18(32)24(39-14)40-22-11(27)8-12(28)23(21(22)35)41-25-20(34)19(33)17(31)13(9-26)38-25/h11-25,30-35H,2-10,26-29H2,1H3/t11?,12-,13?,14?,15?,16-,17-,18?,19?,20+,21?,22+,23+,24-,25-/m0/s1. The van der Waals surface area contributed by atoms with E-state index in [9.17, 15) is 30.6 Å². The molecule has 0 aromatic heterocycles. The van der Waals surface area contributed by atoms with Crippen LogP contribution in [0.5, 0.6) is 0 Å². The van der Waals surface area contributed by atoms with Gasteiger partial charge in [0.05, 0.1) is 38.1 Å². The lowest BCUT2D eigenvalue weighted by molar-refractivity contribution is -0.330. The van der Waals surface area contributed by atoms with Crippen molar-refractivity contribution in [3.63, 3.8) is 0 Å². The van der Waals surface area contributed by atoms with Crippen LogP contribution in [0.15, 0.2) is 0 Å². The van der Waals surface area contributed by atoms with Gasteiger partial charge in [-0.1, -0.05) is 21.6 Å². The number of nitrogens with two attached hydrogens (primary N) is 4. The first-order valence-corrected chi connectivity index (χ1v) is 18.2. The molecule has 1 saturated carbocycles. The molecular weight excluding hydrogens is 644 g/mol. The second kappa shape index (κ2) is 19.4. The predicted octanol–water partition coefficient (Wildman–Crippen LogP) is -4.51. The molecule has 3 fully saturated rings. The van der Waals surface area contributed by atoms with E-state index in [4.69, 9.17) is 51.4 Å². The summed E-state index contributed by atoms with van der Waals surface area (Å²) in [6.07, 6.45) is -15.6. The van der Waals surface area contributed by atoms with Crippen LogP contribution in [-0.2, 0) is 28.4 Å². The summed E-state index contributed by atoms with van der Waals surface area (Å²) in [5.74, 6) is 2.76. The molecule has 2 heterocycles. The Morgan fingerprint density at radius 2 is 1.25 bits per heavy atom. The summed E-state index contributed by atoms with van der Waals surface area (Å²) in [7, 11) is 5.13. The molecule has 2 aliphatic heterocycles. The van der Waals surface area contributed by atoms with E-state index in [1.54, 1.807) is 28.7 Å². The second-order valence-electron chi connectivity index (χ2n) is 10.9. The third kappa shape index (κ3) is 10.5. The summed E-state index contributed by atoms with van der Waals surface area (Å²) in [5, 5.41) is 63.3. The number of aliphatic hydroxyl groups is 6. The monoisotopic (exact) mass is 694 g/mol. The highest BCUT2D eigenvalue weighted by Gasteiger charge is 2.51. The SMILES string of the molecule is COCCSSCCOCCSCC1O[C@@H](O[C@@H]2C(N)C[C@H](N)[C@@H](O[C@@H]3OC(CN)[C@H](O)C(O)[C@H]3O)C2O)C(O)C(N)[C@H]1O. The van der Waals surface area contributed by atoms with Crippen molar-refractivity contribution in [1.82, 2.24) is 0 Å². The molecule has 1 aliphatic carbocycles. The quantitative estimate of drug-likeness (QED) is 0.0507. The number of hydrogen-bond acceptors (Lipinski definition) is 19. The van der Waals surface area contributed by atoms with Gasteiger partial charge in [-0.25, -0.2) is 0 Å². The molecule has 3 rings (SSSR count). The maximum atomic E-state index is 11.2. The normalized spacial score (nSPS) is 43.3. The van der Waals surface area contributed by atoms with Crippen LogP contribution in [0.2, 0.25) is 0 Å². The summed E-state index contributed by atoms with van der Waals surface area (Å²) >= 11 is 1.49. The van der Waals surface area contributed by atoms with Crippen LogP contribution in [0.25, 0.3) is 0 Å². The van der Waals surface area contributed by atoms with E-state index in [0.29, 0.717) is 31.3 Å². The second-order valence-corrected chi connectivity index (χ2v) is 14.8. The highest BCUT2D eigenvalue weighted by molar-refractivity contribution is 8.76. The van der Waals surface area contributed by atoms with Gasteiger partial charge in [-0.3, -0.25) is 0 Å². The maximum absolute atomic E-state index is 11.2. The van der Waals surface area contributed by atoms with Crippen LogP contribution in [0.1, 0.15) is 6.42 Å². The summed E-state index contributed by atoms with van der Waals surface area (Å²) in [6, 6.07) is -2.72. The molecule has 0 amide bonds. The lowest BCUT2D eigenvalue weighted by Crippen LogP contribution is -2.68. The first-order chi connectivity index (χ1) is 21.0. The van der Waals surface area contributed by atoms with Crippen molar-refractivity contribution in [3.05, 3.63) is 0 Å². The summed E-state index contributed by atoms with van der Waals surface area (Å²) in [6.45, 7) is 1.67. The van der Waals surface area contributed by atoms with Gasteiger partial charge in [0.2, 0.25) is 0 Å². The van der Waals surface area contributed by atoms with Gasteiger partial charge in [0.25, 0.3) is 0 Å². The van der Waals surface area contributed by atoms with E-state index in [1.807, 2.05) is 0 Å². The zero-order chi connectivity index (χ0) is 32.4. The van der Waals surface area contributed by atoms with Crippen molar-refractivity contribution >= 4 is 33.3 Å². The zero-order valence-corrected chi connectivity index (χ0v) is 27.1. The summed E-state index contributed by atoms with van der Waals surface area (Å²) in [4.78, 5) is 0. The molecule has 14 N–H and O–H groups in total. The highest BCUT2D eigenvalue weighted by atomic mass is 33.1. The number of methoxy groups -OCH3 is 1. The molecule has 0 bridgehead atoms. The van der Waals surface area contributed by atoms with Gasteiger partial charge in [-0.15, -0.1) is 0 Å². The minimum absolute atomic E-state index is 0.113. The molecule has 3 aliphatic rings. The fourth-order valence-corrected chi connectivity index (χ4v) is 7.82. The number of rotatable bonds is 17. The van der Waals surface area contributed by atoms with Gasteiger partial charge in [0.1, 0.15) is 48.8 Å². The third-order valence-corrected chi connectivity index (χ3v) is 11.1. The zero-order valence-electron chi connectivity index (χ0n) is 24.7. The first-order valence-electron chi connectivity index (χ1n) is 14.6. The van der Waals surface area contributed by atoms with Crippen molar-refractivity contribution in [1.29, 1.82) is 0 Å². The minimum Gasteiger partial charge on any atom is -0.389 e. The third-order valence-electron chi connectivity index (χ3n) is 7.72. The van der Waals surface area contributed by atoms with E-state index >= 15 is 0 Å². The van der Waals surface area contributed by atoms with Gasteiger partial charge < -0.3 is 82.0 Å². The van der Waals surface area contributed by atoms with Crippen molar-refractivity contribution in [2.45, 2.75) is 98.2 Å². The van der Waals surface area contributed by atoms with E-state index < -0.39 is 91.7 Å². The molecule has 0 aromatic rings. The molecule has 2 saturated heterocycles. The molecule has 16 nitrogen and oxygen atoms in total. The minimum atomic E-state index is -1.65. The highest BCUT2D eigenvalue weighted by Crippen LogP contribution is 2.32. The molecule has 0 spiro atoms. The van der Waals surface area contributed by atoms with Crippen LogP contribution in [0.3, 0.4) is 0 Å². The van der Waals surface area contributed by atoms with Crippen molar-refractivity contribution in [3.8, 4) is 0 Å². The van der Waals surface area contributed by atoms with Gasteiger partial charge in [-0.2, -0.15) is 11.8 Å². The number of hydrogen-bond donors (Lipinski definition) is 10. The number of thioether (sulfide) groups is 1. The van der Waals surface area contributed by atoms with E-state index in [-0.39, 0.29) is 13.0 Å². The van der Waals surface area contributed by atoms with Crippen molar-refractivity contribution < 1.29 is 59.1 Å². The Balaban J connectivity index is 1.51. The summed E-state index contributed by atoms with van der Waals surface area (Å²) < 4.78 is 33.8. The predicted molar refractivity (Wildman–Crippen MR) is 166 cm³/mol. The molecule has 7 unspecified atom stereocenters. The lowest BCUT2D eigenvalue weighted by Gasteiger charge is -2.48. The van der Waals surface area contributed by atoms with Crippen LogP contribution in [0, 0.1) is 0 Å². The van der Waals surface area contributed by atoms with Crippen molar-refractivity contribution in [2.24, 2.45) is 22.9 Å². The fraction of sp³-hybridized carbons (Fsp3) is 1.00. The maximum Gasteiger partial charge on any atom is 0.187 e. The van der Waals surface area contributed by atoms with Crippen LogP contribution >= 0.6 is 33.3 Å². The van der Waals surface area contributed by atoms with E-state index in [1.165, 1.54) is 11.8 Å². The largest absolute Gasteiger partial charge is 0.389 e. The Kier molecular flexibility index (Phi) is 17.1. The molecule has 0 radical (unpaired) electrons. The van der Waals surface area contributed by atoms with Gasteiger partial charge in [0.15, 0.2) is 12.6 Å². The van der Waals surface area contributed by atoms with Crippen LogP contribution in [-0.4, -0.2) is 179 Å². The molecule has 15 atom stereocenters. The first kappa shape index (κ1) is 38.9. The Bertz CT molecular complexity index is 819. The topological polar surface area (TPSA) is 281 Å². The molecule has 260 valence electrons. The average molecular weight is 695 g/mol. The van der Waals surface area contributed by atoms with Gasteiger partial charge in [0, 0.05) is 48.7 Å². The average Bonchev–Trinajstić information content (AvgIpc) is 3.00. The molecule has 44 heavy (non-hydrogen) atoms. The van der Waals surface area contributed by atoms with Gasteiger partial charge >= 0.3 is 0 Å². The van der Waals surface area contributed by atoms with Crippen LogP contribution in [0.4, 0.5) is 0 Å². The smallest absolute Gasteiger partial charge is 0.187 e. The molecule has 19 heteroatoms. The fourth-order valence-electron chi connectivity index (χ4n) is 5.13. The molecular formula is C25H50N4O12S3. The number of aliphatic hydroxyl groups excluding tert-OH is 6. The Labute approximate surface area is 269 Å². The Hall–Kier alpha value is 0.410. The Morgan fingerprint density at radius 3 is 1.86 bits per heavy atom. The molecule has 0 aromatic carbocycles. The van der Waals surface area contributed by atoms with Crippen LogP contribution < -0.4 is 22.9 Å². The van der Waals surface area contributed by atoms with E-state index in [0.717, 1.165) is 11.5 Å².